The van der Waals surface area contributed by atoms with Gasteiger partial charge in [-0.25, -0.2) is 0 Å². The molecular weight excluding hydrogens is 244 g/mol. The van der Waals surface area contributed by atoms with Crippen molar-refractivity contribution in [2.45, 2.75) is 38.6 Å². The molecule has 1 amide bonds. The lowest BCUT2D eigenvalue weighted by molar-refractivity contribution is -0.122. The Hall–Kier alpha value is -0.870. The summed E-state index contributed by atoms with van der Waals surface area (Å²) in [5.41, 5.74) is 1.43. The Bertz CT molecular complexity index is 377. The van der Waals surface area contributed by atoms with E-state index in [1.165, 1.54) is 5.56 Å². The van der Waals surface area contributed by atoms with Crippen molar-refractivity contribution >= 4 is 17.2 Å². The third-order valence-corrected chi connectivity index (χ3v) is 4.34. The molecule has 0 bridgehead atoms. The second-order valence-corrected chi connectivity index (χ2v) is 5.90. The molecule has 1 fully saturated rings. The molecule has 1 aromatic rings. The molecule has 1 aliphatic heterocycles. The molecule has 4 heteroatoms. The zero-order chi connectivity index (χ0) is 13.0. The summed E-state index contributed by atoms with van der Waals surface area (Å²) >= 11 is 1.76. The molecule has 0 aromatic carbocycles. The van der Waals surface area contributed by atoms with Crippen LogP contribution in [0, 0.1) is 0 Å². The minimum atomic E-state index is 0.162. The lowest BCUT2D eigenvalue weighted by Crippen LogP contribution is -2.39. The van der Waals surface area contributed by atoms with Gasteiger partial charge in [0.15, 0.2) is 0 Å². The second-order valence-electron chi connectivity index (χ2n) is 5.12. The predicted molar refractivity (Wildman–Crippen MR) is 76.0 cm³/mol. The summed E-state index contributed by atoms with van der Waals surface area (Å²) in [4.78, 5) is 14.0. The Morgan fingerprint density at radius 2 is 2.44 bits per heavy atom. The van der Waals surface area contributed by atoms with Gasteiger partial charge in [-0.15, -0.1) is 0 Å². The normalized spacial score (nSPS) is 24.3. The summed E-state index contributed by atoms with van der Waals surface area (Å²) < 4.78 is 0. The molecule has 100 valence electrons. The van der Waals surface area contributed by atoms with Crippen molar-refractivity contribution in [3.8, 4) is 0 Å². The number of carbonyl (C=O) groups is 1. The second kappa shape index (κ2) is 6.34. The van der Waals surface area contributed by atoms with Crippen LogP contribution < -0.4 is 5.32 Å². The molecule has 1 aromatic heterocycles. The largest absolute Gasteiger partial charge is 0.355 e. The Morgan fingerprint density at radius 1 is 1.61 bits per heavy atom. The maximum atomic E-state index is 11.7. The summed E-state index contributed by atoms with van der Waals surface area (Å²) in [5.74, 6) is 0.764. The number of thiophene rings is 1. The average molecular weight is 266 g/mol. The van der Waals surface area contributed by atoms with Crippen molar-refractivity contribution in [1.29, 1.82) is 0 Å². The number of hydrogen-bond donors (Lipinski definition) is 1. The highest BCUT2D eigenvalue weighted by molar-refractivity contribution is 7.07. The maximum absolute atomic E-state index is 11.7. The zero-order valence-corrected chi connectivity index (χ0v) is 12.0. The molecule has 2 heterocycles. The fourth-order valence-corrected chi connectivity index (χ4v) is 3.31. The highest BCUT2D eigenvalue weighted by Crippen LogP contribution is 2.32. The van der Waals surface area contributed by atoms with E-state index in [4.69, 9.17) is 0 Å². The first kappa shape index (κ1) is 13.6. The van der Waals surface area contributed by atoms with Crippen LogP contribution in [0.1, 0.15) is 38.2 Å². The van der Waals surface area contributed by atoms with Gasteiger partial charge in [0.2, 0.25) is 5.91 Å². The fraction of sp³-hybridized carbons (Fsp3) is 0.643. The summed E-state index contributed by atoms with van der Waals surface area (Å²) in [7, 11) is 0. The van der Waals surface area contributed by atoms with E-state index in [1.807, 2.05) is 0 Å². The molecule has 1 N–H and O–H groups in total. The van der Waals surface area contributed by atoms with Crippen LogP contribution in [0.3, 0.4) is 0 Å². The van der Waals surface area contributed by atoms with Crippen molar-refractivity contribution in [2.75, 3.05) is 19.6 Å². The predicted octanol–water partition coefficient (Wildman–Crippen LogP) is 2.45. The molecule has 1 aliphatic rings. The third-order valence-electron chi connectivity index (χ3n) is 3.64. The first-order valence-electron chi connectivity index (χ1n) is 6.73. The fourth-order valence-electron chi connectivity index (χ4n) is 2.57. The molecule has 2 atom stereocenters. The van der Waals surface area contributed by atoms with Crippen LogP contribution in [0.4, 0.5) is 0 Å². The average Bonchev–Trinajstić information content (AvgIpc) is 2.97. The molecule has 18 heavy (non-hydrogen) atoms. The van der Waals surface area contributed by atoms with Gasteiger partial charge in [-0.05, 0) is 48.1 Å². The van der Waals surface area contributed by atoms with Crippen LogP contribution in [0.15, 0.2) is 16.8 Å². The van der Waals surface area contributed by atoms with Gasteiger partial charge >= 0.3 is 0 Å². The van der Waals surface area contributed by atoms with E-state index in [9.17, 15) is 4.79 Å². The van der Waals surface area contributed by atoms with Crippen LogP contribution in [0.5, 0.6) is 0 Å². The monoisotopic (exact) mass is 266 g/mol. The number of nitrogens with one attached hydrogen (secondary N) is 1. The standard InChI is InChI=1S/C14H22N2OS/c1-3-5-15-14(17)9-16-8-13(7-11(16)2)12-4-6-18-10-12/h4,6,10-11,13H,3,5,7-9H2,1-2H3,(H,15,17)/t11-,13-/m0/s1. The number of hydrogen-bond acceptors (Lipinski definition) is 3. The van der Waals surface area contributed by atoms with Crippen molar-refractivity contribution < 1.29 is 4.79 Å². The van der Waals surface area contributed by atoms with Crippen molar-refractivity contribution in [1.82, 2.24) is 10.2 Å². The topological polar surface area (TPSA) is 32.3 Å². The van der Waals surface area contributed by atoms with Gasteiger partial charge in [-0.1, -0.05) is 6.92 Å². The van der Waals surface area contributed by atoms with E-state index in [2.05, 4.69) is 40.9 Å². The Labute approximate surface area is 113 Å². The van der Waals surface area contributed by atoms with Gasteiger partial charge in [0.05, 0.1) is 6.54 Å². The molecule has 0 saturated carbocycles. The highest BCUT2D eigenvalue weighted by Gasteiger charge is 2.31. The van der Waals surface area contributed by atoms with Crippen LogP contribution >= 0.6 is 11.3 Å². The first-order valence-corrected chi connectivity index (χ1v) is 7.67. The molecular formula is C14H22N2OS. The van der Waals surface area contributed by atoms with E-state index in [0.29, 0.717) is 18.5 Å². The number of likely N-dealkylation sites (tertiary alicyclic amines) is 1. The molecule has 3 nitrogen and oxygen atoms in total. The summed E-state index contributed by atoms with van der Waals surface area (Å²) in [6, 6.07) is 2.71. The smallest absolute Gasteiger partial charge is 0.234 e. The summed E-state index contributed by atoms with van der Waals surface area (Å²) in [5, 5.41) is 7.32. The number of nitrogens with zero attached hydrogens (tertiary/aromatic N) is 1. The van der Waals surface area contributed by atoms with Gasteiger partial charge in [0.25, 0.3) is 0 Å². The Kier molecular flexibility index (Phi) is 4.78. The minimum Gasteiger partial charge on any atom is -0.355 e. The molecule has 0 aliphatic carbocycles. The third kappa shape index (κ3) is 3.33. The van der Waals surface area contributed by atoms with E-state index >= 15 is 0 Å². The molecule has 0 radical (unpaired) electrons. The highest BCUT2D eigenvalue weighted by atomic mass is 32.1. The van der Waals surface area contributed by atoms with Crippen LogP contribution in [0.2, 0.25) is 0 Å². The zero-order valence-electron chi connectivity index (χ0n) is 11.2. The van der Waals surface area contributed by atoms with E-state index in [1.54, 1.807) is 11.3 Å². The number of carbonyl (C=O) groups excluding carboxylic acids is 1. The first-order chi connectivity index (χ1) is 8.70. The van der Waals surface area contributed by atoms with E-state index in [-0.39, 0.29) is 5.91 Å². The van der Waals surface area contributed by atoms with Crippen LogP contribution in [-0.4, -0.2) is 36.5 Å². The molecule has 2 rings (SSSR count). The quantitative estimate of drug-likeness (QED) is 0.888. The summed E-state index contributed by atoms with van der Waals surface area (Å²) in [6.45, 7) is 6.64. The van der Waals surface area contributed by atoms with Crippen molar-refractivity contribution in [3.63, 3.8) is 0 Å². The van der Waals surface area contributed by atoms with E-state index in [0.717, 1.165) is 25.9 Å². The lowest BCUT2D eigenvalue weighted by atomic mass is 10.00. The summed E-state index contributed by atoms with van der Waals surface area (Å²) in [6.07, 6.45) is 2.16. The Balaban J connectivity index is 1.85. The molecule has 0 spiro atoms. The van der Waals surface area contributed by atoms with Crippen LogP contribution in [-0.2, 0) is 4.79 Å². The van der Waals surface area contributed by atoms with Gasteiger partial charge in [0.1, 0.15) is 0 Å². The SMILES string of the molecule is CCCNC(=O)CN1C[C@@H](c2ccsc2)C[C@@H]1C. The molecule has 1 saturated heterocycles. The van der Waals surface area contributed by atoms with E-state index < -0.39 is 0 Å². The maximum Gasteiger partial charge on any atom is 0.234 e. The van der Waals surface area contributed by atoms with Gasteiger partial charge in [-0.3, -0.25) is 9.69 Å². The lowest BCUT2D eigenvalue weighted by Gasteiger charge is -2.20. The van der Waals surface area contributed by atoms with Gasteiger partial charge in [-0.2, -0.15) is 11.3 Å². The van der Waals surface area contributed by atoms with Crippen molar-refractivity contribution in [3.05, 3.63) is 22.4 Å². The number of amides is 1. The van der Waals surface area contributed by atoms with Gasteiger partial charge in [0, 0.05) is 19.1 Å². The minimum absolute atomic E-state index is 0.162. The van der Waals surface area contributed by atoms with Crippen LogP contribution in [0.25, 0.3) is 0 Å². The van der Waals surface area contributed by atoms with Crippen molar-refractivity contribution in [2.24, 2.45) is 0 Å². The number of rotatable bonds is 5. The Morgan fingerprint density at radius 3 is 3.11 bits per heavy atom. The van der Waals surface area contributed by atoms with Gasteiger partial charge < -0.3 is 5.32 Å². The molecule has 0 unspecified atom stereocenters.